The second-order valence-electron chi connectivity index (χ2n) is 16.0. The van der Waals surface area contributed by atoms with Crippen molar-refractivity contribution in [2.45, 2.75) is 114 Å². The predicted octanol–water partition coefficient (Wildman–Crippen LogP) is 4.59. The number of benzene rings is 1. The summed E-state index contributed by atoms with van der Waals surface area (Å²) in [6.45, 7) is 7.26. The summed E-state index contributed by atoms with van der Waals surface area (Å²) in [6.07, 6.45) is 12.4. The van der Waals surface area contributed by atoms with Crippen molar-refractivity contribution >= 4 is 41.0 Å². The second kappa shape index (κ2) is 18.5. The van der Waals surface area contributed by atoms with Crippen LogP contribution in [0.3, 0.4) is 0 Å². The molecule has 1 aromatic carbocycles. The highest BCUT2D eigenvalue weighted by Gasteiger charge is 2.38. The summed E-state index contributed by atoms with van der Waals surface area (Å²) in [5, 5.41) is 17.5. The van der Waals surface area contributed by atoms with E-state index >= 15 is 0 Å². The molecule has 306 valence electrons. The van der Waals surface area contributed by atoms with Gasteiger partial charge in [0.1, 0.15) is 46.9 Å². The van der Waals surface area contributed by atoms with Gasteiger partial charge in [-0.2, -0.15) is 5.26 Å². The lowest BCUT2D eigenvalue weighted by Crippen LogP contribution is -2.53. The minimum absolute atomic E-state index is 0.0227. The highest BCUT2D eigenvalue weighted by molar-refractivity contribution is 6.31. The van der Waals surface area contributed by atoms with Crippen LogP contribution in [0, 0.1) is 17.2 Å². The van der Waals surface area contributed by atoms with E-state index < -0.39 is 17.9 Å². The van der Waals surface area contributed by atoms with Gasteiger partial charge in [0.05, 0.1) is 35.3 Å². The van der Waals surface area contributed by atoms with Gasteiger partial charge in [-0.1, -0.05) is 11.6 Å². The molecule has 4 aliphatic rings. The van der Waals surface area contributed by atoms with Crippen molar-refractivity contribution in [1.82, 2.24) is 35.8 Å². The maximum Gasteiger partial charge on any atom is 0.271 e. The summed E-state index contributed by atoms with van der Waals surface area (Å²) in [7, 11) is 0. The number of amides is 4. The fourth-order valence-corrected chi connectivity index (χ4v) is 8.42. The number of nitrogens with zero attached hydrogens (tertiary/aromatic N) is 6. The van der Waals surface area contributed by atoms with Gasteiger partial charge in [-0.05, 0) is 89.0 Å². The number of rotatable bonds is 13. The minimum Gasteiger partial charge on any atom is -0.490 e. The Balaban J connectivity index is 0.801. The van der Waals surface area contributed by atoms with E-state index in [1.807, 2.05) is 0 Å². The monoisotopic (exact) mass is 811 g/mol. The second-order valence-corrected chi connectivity index (χ2v) is 16.4. The fraction of sp³-hybridized carbons (Fsp3) is 0.524. The van der Waals surface area contributed by atoms with Crippen LogP contribution < -0.4 is 30.3 Å². The molecule has 1 unspecified atom stereocenters. The van der Waals surface area contributed by atoms with Crippen molar-refractivity contribution in [3.05, 3.63) is 70.9 Å². The molecule has 7 rings (SSSR count). The zero-order chi connectivity index (χ0) is 40.8. The Kier molecular flexibility index (Phi) is 13.0. The number of halogens is 1. The zero-order valence-corrected chi connectivity index (χ0v) is 33.6. The predicted molar refractivity (Wildman–Crippen MR) is 214 cm³/mol. The van der Waals surface area contributed by atoms with E-state index in [-0.39, 0.29) is 48.6 Å². The van der Waals surface area contributed by atoms with E-state index in [4.69, 9.17) is 26.3 Å². The third-order valence-electron chi connectivity index (χ3n) is 11.7. The first-order valence-electron chi connectivity index (χ1n) is 20.3. The molecular weight excluding hydrogens is 762 g/mol. The maximum atomic E-state index is 13.0. The van der Waals surface area contributed by atoms with Gasteiger partial charge in [0.2, 0.25) is 11.8 Å². The van der Waals surface area contributed by atoms with Gasteiger partial charge < -0.3 is 25.0 Å². The van der Waals surface area contributed by atoms with Crippen LogP contribution >= 0.6 is 11.6 Å². The number of imide groups is 1. The molecule has 2 saturated heterocycles. The van der Waals surface area contributed by atoms with E-state index in [0.29, 0.717) is 45.8 Å². The van der Waals surface area contributed by atoms with E-state index in [0.717, 1.165) is 76.8 Å². The van der Waals surface area contributed by atoms with E-state index in [1.165, 1.54) is 6.20 Å². The highest BCUT2D eigenvalue weighted by atomic mass is 35.5. The number of hydrogen-bond donors (Lipinski definition) is 3. The number of carbonyl (C=O) groups is 4. The Labute approximate surface area is 343 Å². The number of piperidine rings is 2. The molecule has 3 aromatic rings. The van der Waals surface area contributed by atoms with E-state index in [2.05, 4.69) is 60.6 Å². The molecular formula is C42H50ClN9O6. The average molecular weight is 812 g/mol. The molecule has 4 amide bonds. The minimum atomic E-state index is -0.755. The first kappa shape index (κ1) is 40.9. The molecule has 0 bridgehead atoms. The molecule has 3 N–H and O–H groups in total. The Hall–Kier alpha value is -5.33. The Morgan fingerprint density at radius 2 is 1.60 bits per heavy atom. The molecule has 2 aliphatic heterocycles. The van der Waals surface area contributed by atoms with Crippen LogP contribution in [0.4, 0.5) is 5.82 Å². The number of anilines is 1. The molecule has 0 radical (unpaired) electrons. The first-order chi connectivity index (χ1) is 28.0. The van der Waals surface area contributed by atoms with E-state index in [9.17, 15) is 19.2 Å². The molecule has 2 saturated carbocycles. The lowest BCUT2D eigenvalue weighted by atomic mass is 9.85. The van der Waals surface area contributed by atoms with Gasteiger partial charge in [0.15, 0.2) is 0 Å². The van der Waals surface area contributed by atoms with Crippen LogP contribution in [-0.4, -0.2) is 99.5 Å². The standard InChI is InChI=1S/C42H50ClN9O6/c1-25(2)52(29-17-33(18-29)58-32-9-10-35(45-21-32)40(54)49-36-11-12-39(53)50-41(36)55)24-26-13-15-51(16-14-26)38-23-46-37(22-47-38)42(56)48-28-4-7-30(8-5-28)57-31-6-3-27(20-44)34(43)19-31/h3,6,9-10,19,21-23,25-26,28-30,33,36H,4-5,7-8,11-18,24H2,1-2H3,(H,48,56)(H,49,54)(H,50,53,55)/t28-,29-,30-,33-,36?. The van der Waals surface area contributed by atoms with Crippen molar-refractivity contribution in [3.63, 3.8) is 0 Å². The third kappa shape index (κ3) is 10.2. The SMILES string of the molecule is CC(C)N(CC1CCN(c2cnc(C(=O)N[C@H]3CC[C@H](Oc4ccc(C#N)c(Cl)c4)CC3)cn2)CC1)[C@H]1C[C@H](Oc2ccc(C(=O)NC3CCC(=O)NC3=O)nc2)C1. The number of pyridine rings is 1. The lowest BCUT2D eigenvalue weighted by Gasteiger charge is -2.46. The molecule has 16 heteroatoms. The molecule has 2 aliphatic carbocycles. The molecule has 2 aromatic heterocycles. The number of ether oxygens (including phenoxy) is 2. The molecule has 58 heavy (non-hydrogen) atoms. The topological polar surface area (TPSA) is 192 Å². The summed E-state index contributed by atoms with van der Waals surface area (Å²) in [4.78, 5) is 67.2. The van der Waals surface area contributed by atoms with Crippen LogP contribution in [0.1, 0.15) is 105 Å². The molecule has 1 atom stereocenters. The largest absolute Gasteiger partial charge is 0.490 e. The van der Waals surface area contributed by atoms with Gasteiger partial charge in [-0.15, -0.1) is 0 Å². The summed E-state index contributed by atoms with van der Waals surface area (Å²) < 4.78 is 12.3. The number of aromatic nitrogens is 3. The van der Waals surface area contributed by atoms with Gasteiger partial charge in [0.25, 0.3) is 11.8 Å². The summed E-state index contributed by atoms with van der Waals surface area (Å²) in [5.41, 5.74) is 0.905. The van der Waals surface area contributed by atoms with Gasteiger partial charge in [0, 0.05) is 63.1 Å². The maximum absolute atomic E-state index is 13.0. The van der Waals surface area contributed by atoms with Crippen molar-refractivity contribution in [2.75, 3.05) is 24.5 Å². The Morgan fingerprint density at radius 1 is 0.897 bits per heavy atom. The van der Waals surface area contributed by atoms with Crippen LogP contribution in [0.5, 0.6) is 11.5 Å². The average Bonchev–Trinajstić information content (AvgIpc) is 3.20. The summed E-state index contributed by atoms with van der Waals surface area (Å²) in [5.74, 6) is 1.05. The molecule has 15 nitrogen and oxygen atoms in total. The van der Waals surface area contributed by atoms with Crippen molar-refractivity contribution < 1.29 is 28.7 Å². The quantitative estimate of drug-likeness (QED) is 0.204. The number of nitriles is 1. The van der Waals surface area contributed by atoms with Crippen molar-refractivity contribution in [2.24, 2.45) is 5.92 Å². The van der Waals surface area contributed by atoms with E-state index in [1.54, 1.807) is 42.7 Å². The van der Waals surface area contributed by atoms with Crippen LogP contribution in [0.25, 0.3) is 0 Å². The normalized spacial score (nSPS) is 23.7. The summed E-state index contributed by atoms with van der Waals surface area (Å²) in [6, 6.07) is 10.6. The van der Waals surface area contributed by atoms with Crippen LogP contribution in [0.15, 0.2) is 48.9 Å². The highest BCUT2D eigenvalue weighted by Crippen LogP contribution is 2.33. The van der Waals surface area contributed by atoms with Crippen molar-refractivity contribution in [1.29, 1.82) is 5.26 Å². The van der Waals surface area contributed by atoms with Crippen LogP contribution in [-0.2, 0) is 9.59 Å². The van der Waals surface area contributed by atoms with Gasteiger partial charge >= 0.3 is 0 Å². The van der Waals surface area contributed by atoms with Crippen LogP contribution in [0.2, 0.25) is 5.02 Å². The fourth-order valence-electron chi connectivity index (χ4n) is 8.21. The smallest absolute Gasteiger partial charge is 0.271 e. The van der Waals surface area contributed by atoms with Crippen molar-refractivity contribution in [3.8, 4) is 17.6 Å². The third-order valence-corrected chi connectivity index (χ3v) is 12.0. The Morgan fingerprint density at radius 3 is 2.24 bits per heavy atom. The molecule has 4 heterocycles. The lowest BCUT2D eigenvalue weighted by molar-refractivity contribution is -0.134. The molecule has 0 spiro atoms. The molecule has 4 fully saturated rings. The zero-order valence-electron chi connectivity index (χ0n) is 32.9. The van der Waals surface area contributed by atoms with Gasteiger partial charge in [-0.25, -0.2) is 15.0 Å². The summed E-state index contributed by atoms with van der Waals surface area (Å²) >= 11 is 6.15. The number of hydrogen-bond acceptors (Lipinski definition) is 12. The number of nitrogens with one attached hydrogen (secondary N) is 3. The first-order valence-corrected chi connectivity index (χ1v) is 20.7. The van der Waals surface area contributed by atoms with Gasteiger partial charge in [-0.3, -0.25) is 29.4 Å². The Bertz CT molecular complexity index is 1990. The number of carbonyl (C=O) groups excluding carboxylic acids is 4.